The number of hydrogen-bond donors (Lipinski definition) is 2. The van der Waals surface area contributed by atoms with Gasteiger partial charge in [0.2, 0.25) is 0 Å². The number of hydrogen-bond acceptors (Lipinski definition) is 4. The van der Waals surface area contributed by atoms with Gasteiger partial charge in [-0.05, 0) is 32.4 Å². The molecule has 0 fully saturated rings. The van der Waals surface area contributed by atoms with Gasteiger partial charge in [0.15, 0.2) is 0 Å². The molecule has 19 heavy (non-hydrogen) atoms. The summed E-state index contributed by atoms with van der Waals surface area (Å²) < 4.78 is 31.2. The van der Waals surface area contributed by atoms with E-state index in [1.807, 2.05) is 6.92 Å². The van der Waals surface area contributed by atoms with Crippen molar-refractivity contribution in [3.8, 4) is 0 Å². The average molecular weight is 291 g/mol. The number of aryl methyl sites for hydroxylation is 1. The van der Waals surface area contributed by atoms with E-state index in [0.29, 0.717) is 0 Å². The first-order chi connectivity index (χ1) is 8.83. The number of benzene rings is 1. The molecule has 0 saturated heterocycles. The second-order valence-corrected chi connectivity index (χ2v) is 5.17. The summed E-state index contributed by atoms with van der Waals surface area (Å²) in [7, 11) is -4.27. The zero-order valence-corrected chi connectivity index (χ0v) is 12.7. The van der Waals surface area contributed by atoms with Crippen molar-refractivity contribution in [2.24, 2.45) is 0 Å². The van der Waals surface area contributed by atoms with E-state index in [9.17, 15) is 13.0 Å². The molecule has 0 atom stereocenters. The highest BCUT2D eigenvalue weighted by Gasteiger charge is 1.97. The van der Waals surface area contributed by atoms with Gasteiger partial charge in [0.1, 0.15) is 10.1 Å². The van der Waals surface area contributed by atoms with Crippen LogP contribution in [0, 0.1) is 6.92 Å². The molecule has 0 radical (unpaired) electrons. The second kappa shape index (κ2) is 12.1. The third-order valence-electron chi connectivity index (χ3n) is 1.91. The highest BCUT2D eigenvalue weighted by molar-refractivity contribution is 7.85. The molecule has 1 aromatic carbocycles. The Kier molecular flexibility index (Phi) is 13.0. The molecule has 5 nitrogen and oxygen atoms in total. The minimum absolute atomic E-state index is 0.178. The average Bonchev–Trinajstić information content (AvgIpc) is 2.31. The summed E-state index contributed by atoms with van der Waals surface area (Å²) in [6.07, 6.45) is 2.56. The first-order valence-electron chi connectivity index (χ1n) is 6.26. The van der Waals surface area contributed by atoms with Crippen LogP contribution in [0.3, 0.4) is 0 Å². The van der Waals surface area contributed by atoms with Crippen molar-refractivity contribution in [2.45, 2.75) is 38.5 Å². The fraction of sp³-hybridized carbons (Fsp3) is 0.538. The molecule has 0 aliphatic carbocycles. The molecule has 0 spiro atoms. The van der Waals surface area contributed by atoms with Crippen LogP contribution in [-0.4, -0.2) is 31.2 Å². The lowest BCUT2D eigenvalue weighted by atomic mass is 10.2. The molecule has 0 heterocycles. The molecule has 1 aromatic rings. The van der Waals surface area contributed by atoms with Gasteiger partial charge in [-0.25, -0.2) is 8.42 Å². The van der Waals surface area contributed by atoms with Crippen molar-refractivity contribution >= 4 is 10.1 Å². The smallest absolute Gasteiger partial charge is 0.124 e. The van der Waals surface area contributed by atoms with E-state index in [-0.39, 0.29) is 11.5 Å². The predicted octanol–water partition coefficient (Wildman–Crippen LogP) is 0.926. The summed E-state index contributed by atoms with van der Waals surface area (Å²) in [6, 6.07) is 5.78. The van der Waals surface area contributed by atoms with Gasteiger partial charge in [-0.15, -0.1) is 0 Å². The summed E-state index contributed by atoms with van der Waals surface area (Å²) in [5.41, 5.74) is 4.60. The fourth-order valence-electron chi connectivity index (χ4n) is 0.955. The van der Waals surface area contributed by atoms with Crippen LogP contribution in [-0.2, 0) is 10.1 Å². The minimum atomic E-state index is -4.27. The zero-order chi connectivity index (χ0) is 15.3. The van der Waals surface area contributed by atoms with Crippen molar-refractivity contribution in [2.75, 3.05) is 13.2 Å². The highest BCUT2D eigenvalue weighted by Crippen LogP contribution is 2.08. The third kappa shape index (κ3) is 13.3. The van der Waals surface area contributed by atoms with Gasteiger partial charge < -0.3 is 15.4 Å². The van der Waals surface area contributed by atoms with Gasteiger partial charge in [0.05, 0.1) is 11.4 Å². The van der Waals surface area contributed by atoms with Crippen molar-refractivity contribution in [3.05, 3.63) is 29.8 Å². The van der Waals surface area contributed by atoms with Crippen molar-refractivity contribution in [1.82, 2.24) is 0 Å². The number of aliphatic hydroxyl groups excluding tert-OH is 1. The van der Waals surface area contributed by atoms with Crippen LogP contribution in [0.1, 0.15) is 32.3 Å². The SMILES string of the molecule is CCCC[NH3+].CCO.Cc1ccc(S(=O)(=O)[O-])cc1. The Balaban J connectivity index is 0. The van der Waals surface area contributed by atoms with E-state index in [1.165, 1.54) is 25.0 Å². The van der Waals surface area contributed by atoms with Gasteiger partial charge >= 0.3 is 0 Å². The largest absolute Gasteiger partial charge is 0.744 e. The predicted molar refractivity (Wildman–Crippen MR) is 74.6 cm³/mol. The van der Waals surface area contributed by atoms with E-state index >= 15 is 0 Å². The highest BCUT2D eigenvalue weighted by atomic mass is 32.2. The van der Waals surface area contributed by atoms with Gasteiger partial charge in [0, 0.05) is 6.61 Å². The molecule has 112 valence electrons. The molecule has 0 aromatic heterocycles. The van der Waals surface area contributed by atoms with Crippen LogP contribution in [0.4, 0.5) is 0 Å². The number of rotatable bonds is 3. The Hall–Kier alpha value is -0.950. The fourth-order valence-corrected chi connectivity index (χ4v) is 1.42. The summed E-state index contributed by atoms with van der Waals surface area (Å²) in [6.45, 7) is 7.02. The first-order valence-corrected chi connectivity index (χ1v) is 7.66. The Morgan fingerprint density at radius 2 is 1.63 bits per heavy atom. The number of quaternary nitrogens is 1. The topological polar surface area (TPSA) is 105 Å². The van der Waals surface area contributed by atoms with Crippen LogP contribution in [0.5, 0.6) is 0 Å². The molecule has 0 aliphatic heterocycles. The maximum Gasteiger partial charge on any atom is 0.124 e. The third-order valence-corrected chi connectivity index (χ3v) is 2.76. The van der Waals surface area contributed by atoms with Gasteiger partial charge in [-0.1, -0.05) is 31.0 Å². The lowest BCUT2D eigenvalue weighted by molar-refractivity contribution is -0.368. The molecule has 4 N–H and O–H groups in total. The van der Waals surface area contributed by atoms with Gasteiger partial charge in [-0.3, -0.25) is 0 Å². The van der Waals surface area contributed by atoms with Crippen LogP contribution in [0.2, 0.25) is 0 Å². The normalized spacial score (nSPS) is 9.79. The van der Waals surface area contributed by atoms with Crippen LogP contribution in [0.15, 0.2) is 29.2 Å². The Morgan fingerprint density at radius 3 is 1.84 bits per heavy atom. The Labute approximate surface area is 116 Å². The van der Waals surface area contributed by atoms with Crippen molar-refractivity contribution in [1.29, 1.82) is 0 Å². The number of aliphatic hydroxyl groups is 1. The maximum atomic E-state index is 10.4. The van der Waals surface area contributed by atoms with E-state index < -0.39 is 10.1 Å². The standard InChI is InChI=1S/C7H8O3S.C4H11N.C2H6O/c1-6-2-4-7(5-3-6)11(8,9)10;1-2-3-4-5;1-2-3/h2-5H,1H3,(H,8,9,10);2-5H2,1H3;3H,2H2,1H3. The molecule has 0 unspecified atom stereocenters. The Bertz CT molecular complexity index is 399. The lowest BCUT2D eigenvalue weighted by Crippen LogP contribution is -2.49. The molecule has 1 rings (SSSR count). The molecule has 0 bridgehead atoms. The first kappa shape index (κ1) is 20.4. The van der Waals surface area contributed by atoms with Crippen LogP contribution < -0.4 is 5.73 Å². The molecule has 0 saturated carbocycles. The molecular weight excluding hydrogens is 266 g/mol. The van der Waals surface area contributed by atoms with E-state index in [0.717, 1.165) is 12.1 Å². The van der Waals surface area contributed by atoms with Crippen LogP contribution >= 0.6 is 0 Å². The van der Waals surface area contributed by atoms with Crippen molar-refractivity contribution < 1.29 is 23.8 Å². The zero-order valence-electron chi connectivity index (χ0n) is 11.9. The summed E-state index contributed by atoms with van der Waals surface area (Å²) in [5, 5.41) is 7.57. The second-order valence-electron chi connectivity index (χ2n) is 3.79. The van der Waals surface area contributed by atoms with Gasteiger partial charge in [0.25, 0.3) is 0 Å². The molecule has 0 amide bonds. The summed E-state index contributed by atoms with van der Waals surface area (Å²) in [5.74, 6) is 0. The summed E-state index contributed by atoms with van der Waals surface area (Å²) >= 11 is 0. The van der Waals surface area contributed by atoms with E-state index in [4.69, 9.17) is 5.11 Å². The van der Waals surface area contributed by atoms with Crippen LogP contribution in [0.25, 0.3) is 0 Å². The monoisotopic (exact) mass is 291 g/mol. The molecular formula is C13H25NO4S. The van der Waals surface area contributed by atoms with Crippen molar-refractivity contribution in [3.63, 3.8) is 0 Å². The minimum Gasteiger partial charge on any atom is -0.744 e. The van der Waals surface area contributed by atoms with E-state index in [1.54, 1.807) is 19.1 Å². The molecule has 6 heteroatoms. The van der Waals surface area contributed by atoms with E-state index in [2.05, 4.69) is 12.7 Å². The van der Waals surface area contributed by atoms with Gasteiger partial charge in [-0.2, -0.15) is 0 Å². The molecule has 0 aliphatic rings. The Morgan fingerprint density at radius 1 is 1.21 bits per heavy atom. The number of unbranched alkanes of at least 4 members (excludes halogenated alkanes) is 1. The maximum absolute atomic E-state index is 10.4. The quantitative estimate of drug-likeness (QED) is 0.808. The summed E-state index contributed by atoms with van der Waals surface area (Å²) in [4.78, 5) is -0.178. The lowest BCUT2D eigenvalue weighted by Gasteiger charge is -2.05.